The summed E-state index contributed by atoms with van der Waals surface area (Å²) in [6.45, 7) is 0. The van der Waals surface area contributed by atoms with Crippen molar-refractivity contribution >= 4 is 34.1 Å². The minimum absolute atomic E-state index is 0.00671. The zero-order valence-corrected chi connectivity index (χ0v) is 16.8. The Balaban J connectivity index is 1.71. The van der Waals surface area contributed by atoms with Crippen LogP contribution in [-0.4, -0.2) is 35.0 Å². The number of hydrogen-bond donors (Lipinski definition) is 4. The highest BCUT2D eigenvalue weighted by atomic mass is 19.1. The zero-order valence-electron chi connectivity index (χ0n) is 16.8. The van der Waals surface area contributed by atoms with Gasteiger partial charge in [0.1, 0.15) is 5.82 Å². The Labute approximate surface area is 174 Å². The maximum Gasteiger partial charge on any atom is 0.252 e. The third kappa shape index (κ3) is 4.04. The van der Waals surface area contributed by atoms with Crippen molar-refractivity contribution in [1.82, 2.24) is 15.3 Å². The average molecular weight is 408 g/mol. The molecule has 3 aromatic rings. The smallest absolute Gasteiger partial charge is 0.252 e. The number of likely N-dealkylation sites (N-methyl/N-ethyl adjacent to an activating group) is 1. The molecule has 1 aliphatic rings. The Morgan fingerprint density at radius 3 is 2.67 bits per heavy atom. The molecule has 0 radical (unpaired) electrons. The number of nitrogens with zero attached hydrogens (tertiary/aromatic N) is 2. The molecule has 0 bridgehead atoms. The molecule has 0 saturated heterocycles. The summed E-state index contributed by atoms with van der Waals surface area (Å²) in [5.41, 5.74) is 6.99. The van der Waals surface area contributed by atoms with Crippen molar-refractivity contribution in [2.75, 3.05) is 17.7 Å². The predicted octanol–water partition coefficient (Wildman–Crippen LogP) is 3.55. The standard InChI is InChI=1S/C22H25FN6O/c1-25-18-8-4-5-9-19(18)28-22-15(23)12-14(20(24)30)21(29-22)27-17-10-11-26-16-7-3-2-6-13(16)17/h2-3,6-7,10-12,18-19,25H,4-5,8-9H2,1H3,(H2,24,30)(H2,26,27,28,29)/t18?,19-/m1/s1. The Morgan fingerprint density at radius 2 is 1.90 bits per heavy atom. The molecule has 1 amide bonds. The number of halogens is 1. The van der Waals surface area contributed by atoms with E-state index < -0.39 is 11.7 Å². The topological polar surface area (TPSA) is 105 Å². The van der Waals surface area contributed by atoms with Crippen molar-refractivity contribution in [3.63, 3.8) is 0 Å². The van der Waals surface area contributed by atoms with E-state index in [1.54, 1.807) is 12.3 Å². The number of nitrogens with two attached hydrogens (primary N) is 1. The van der Waals surface area contributed by atoms with E-state index in [4.69, 9.17) is 5.73 Å². The Kier molecular flexibility index (Phi) is 5.76. The molecule has 1 fully saturated rings. The number of aromatic nitrogens is 2. The second-order valence-electron chi connectivity index (χ2n) is 7.51. The molecule has 2 atom stereocenters. The minimum Gasteiger partial charge on any atom is -0.365 e. The van der Waals surface area contributed by atoms with Gasteiger partial charge in [-0.3, -0.25) is 9.78 Å². The number of carbonyl (C=O) groups is 1. The van der Waals surface area contributed by atoms with E-state index in [1.807, 2.05) is 31.3 Å². The number of fused-ring (bicyclic) bond motifs is 1. The van der Waals surface area contributed by atoms with Crippen LogP contribution in [0.5, 0.6) is 0 Å². The minimum atomic E-state index is -0.750. The van der Waals surface area contributed by atoms with Crippen molar-refractivity contribution in [3.8, 4) is 0 Å². The maximum atomic E-state index is 14.8. The molecular formula is C22H25FN6O. The van der Waals surface area contributed by atoms with Crippen molar-refractivity contribution in [2.24, 2.45) is 5.73 Å². The lowest BCUT2D eigenvalue weighted by Crippen LogP contribution is -2.45. The molecule has 5 N–H and O–H groups in total. The second-order valence-corrected chi connectivity index (χ2v) is 7.51. The zero-order chi connectivity index (χ0) is 21.1. The number of pyridine rings is 2. The van der Waals surface area contributed by atoms with Crippen LogP contribution in [0.25, 0.3) is 10.9 Å². The lowest BCUT2D eigenvalue weighted by atomic mass is 9.90. The fourth-order valence-electron chi connectivity index (χ4n) is 4.03. The molecule has 0 aliphatic heterocycles. The summed E-state index contributed by atoms with van der Waals surface area (Å²) >= 11 is 0. The summed E-state index contributed by atoms with van der Waals surface area (Å²) in [5, 5.41) is 10.5. The summed E-state index contributed by atoms with van der Waals surface area (Å²) in [4.78, 5) is 20.7. The second kappa shape index (κ2) is 8.62. The van der Waals surface area contributed by atoms with Gasteiger partial charge >= 0.3 is 0 Å². The van der Waals surface area contributed by atoms with Crippen LogP contribution in [0.4, 0.5) is 21.7 Å². The van der Waals surface area contributed by atoms with Gasteiger partial charge in [-0.25, -0.2) is 9.37 Å². The number of hydrogen-bond acceptors (Lipinski definition) is 6. The molecule has 1 aliphatic carbocycles. The summed E-state index contributed by atoms with van der Waals surface area (Å²) in [6, 6.07) is 10.8. The van der Waals surface area contributed by atoms with E-state index in [0.717, 1.165) is 42.7 Å². The van der Waals surface area contributed by atoms with Gasteiger partial charge in [-0.1, -0.05) is 31.0 Å². The Morgan fingerprint density at radius 1 is 1.13 bits per heavy atom. The normalized spacial score (nSPS) is 18.9. The van der Waals surface area contributed by atoms with Crippen LogP contribution < -0.4 is 21.7 Å². The number of rotatable bonds is 6. The van der Waals surface area contributed by atoms with Gasteiger partial charge in [0.25, 0.3) is 5.91 Å². The molecule has 1 saturated carbocycles. The highest BCUT2D eigenvalue weighted by Gasteiger charge is 2.26. The third-order valence-electron chi connectivity index (χ3n) is 5.60. The number of amides is 1. The summed E-state index contributed by atoms with van der Waals surface area (Å²) in [7, 11) is 1.91. The molecule has 4 rings (SSSR count). The molecule has 0 spiro atoms. The number of para-hydroxylation sites is 1. The van der Waals surface area contributed by atoms with Gasteiger partial charge < -0.3 is 21.7 Å². The summed E-state index contributed by atoms with van der Waals surface area (Å²) in [5.74, 6) is -1.04. The van der Waals surface area contributed by atoms with Crippen LogP contribution in [0.15, 0.2) is 42.6 Å². The quantitative estimate of drug-likeness (QED) is 0.497. The van der Waals surface area contributed by atoms with Crippen molar-refractivity contribution in [2.45, 2.75) is 37.8 Å². The summed E-state index contributed by atoms with van der Waals surface area (Å²) < 4.78 is 14.8. The molecule has 1 aromatic carbocycles. The first kappa shape index (κ1) is 20.0. The van der Waals surface area contributed by atoms with Gasteiger partial charge in [-0.2, -0.15) is 0 Å². The SMILES string of the molecule is CNC1CCCC[C@H]1Nc1nc(Nc2ccnc3ccccc23)c(C(N)=O)cc1F. The van der Waals surface area contributed by atoms with Crippen LogP contribution in [0.3, 0.4) is 0 Å². The number of nitrogens with one attached hydrogen (secondary N) is 3. The van der Waals surface area contributed by atoms with E-state index in [-0.39, 0.29) is 29.3 Å². The highest BCUT2D eigenvalue weighted by Crippen LogP contribution is 2.29. The van der Waals surface area contributed by atoms with Gasteiger partial charge in [0.2, 0.25) is 0 Å². The van der Waals surface area contributed by atoms with Crippen molar-refractivity contribution in [1.29, 1.82) is 0 Å². The fourth-order valence-corrected chi connectivity index (χ4v) is 4.03. The molecule has 30 heavy (non-hydrogen) atoms. The first-order chi connectivity index (χ1) is 14.6. The molecule has 2 heterocycles. The van der Waals surface area contributed by atoms with Crippen LogP contribution in [0.1, 0.15) is 36.0 Å². The number of anilines is 3. The first-order valence-corrected chi connectivity index (χ1v) is 10.1. The molecule has 7 nitrogen and oxygen atoms in total. The van der Waals surface area contributed by atoms with E-state index in [1.165, 1.54) is 0 Å². The van der Waals surface area contributed by atoms with Gasteiger partial charge in [0.15, 0.2) is 11.6 Å². The molecule has 8 heteroatoms. The van der Waals surface area contributed by atoms with Crippen LogP contribution in [-0.2, 0) is 0 Å². The van der Waals surface area contributed by atoms with E-state index in [9.17, 15) is 9.18 Å². The Hall–Kier alpha value is -3.26. The monoisotopic (exact) mass is 408 g/mol. The number of benzene rings is 1. The van der Waals surface area contributed by atoms with E-state index >= 15 is 0 Å². The van der Waals surface area contributed by atoms with Gasteiger partial charge in [0, 0.05) is 23.7 Å². The van der Waals surface area contributed by atoms with Crippen LogP contribution in [0.2, 0.25) is 0 Å². The predicted molar refractivity (Wildman–Crippen MR) is 116 cm³/mol. The first-order valence-electron chi connectivity index (χ1n) is 10.1. The van der Waals surface area contributed by atoms with E-state index in [0.29, 0.717) is 5.69 Å². The number of primary amides is 1. The maximum absolute atomic E-state index is 14.8. The van der Waals surface area contributed by atoms with Crippen LogP contribution in [0, 0.1) is 5.82 Å². The van der Waals surface area contributed by atoms with Gasteiger partial charge in [0.05, 0.1) is 16.8 Å². The Bertz CT molecular complexity index is 1070. The lowest BCUT2D eigenvalue weighted by Gasteiger charge is -2.32. The average Bonchev–Trinajstić information content (AvgIpc) is 2.76. The largest absolute Gasteiger partial charge is 0.365 e. The number of carbonyl (C=O) groups excluding carboxylic acids is 1. The van der Waals surface area contributed by atoms with Crippen LogP contribution >= 0.6 is 0 Å². The van der Waals surface area contributed by atoms with E-state index in [2.05, 4.69) is 25.9 Å². The fraction of sp³-hybridized carbons (Fsp3) is 0.318. The van der Waals surface area contributed by atoms with Gasteiger partial charge in [-0.15, -0.1) is 0 Å². The lowest BCUT2D eigenvalue weighted by molar-refractivity contribution is 0.100. The molecular weight excluding hydrogens is 383 g/mol. The molecule has 1 unspecified atom stereocenters. The van der Waals surface area contributed by atoms with Crippen molar-refractivity contribution < 1.29 is 9.18 Å². The van der Waals surface area contributed by atoms with Gasteiger partial charge in [-0.05, 0) is 38.1 Å². The molecule has 156 valence electrons. The van der Waals surface area contributed by atoms with Crippen molar-refractivity contribution in [3.05, 3.63) is 54.0 Å². The highest BCUT2D eigenvalue weighted by molar-refractivity contribution is 6.00. The molecule has 2 aromatic heterocycles. The third-order valence-corrected chi connectivity index (χ3v) is 5.60. The summed E-state index contributed by atoms with van der Waals surface area (Å²) in [6.07, 6.45) is 5.81.